The molecular formula is C10H17N. The van der Waals surface area contributed by atoms with Crippen molar-refractivity contribution in [2.75, 3.05) is 0 Å². The van der Waals surface area contributed by atoms with E-state index in [0.29, 0.717) is 6.04 Å². The predicted molar refractivity (Wildman–Crippen MR) is 47.2 cm³/mol. The zero-order valence-electron chi connectivity index (χ0n) is 7.00. The summed E-state index contributed by atoms with van der Waals surface area (Å²) in [5, 5.41) is 0. The third kappa shape index (κ3) is 1.48. The Bertz CT molecular complexity index is 162. The van der Waals surface area contributed by atoms with Crippen LogP contribution in [0.3, 0.4) is 0 Å². The number of rotatable bonds is 0. The average Bonchev–Trinajstić information content (AvgIpc) is 2.04. The molecule has 0 aromatic rings. The van der Waals surface area contributed by atoms with Crippen LogP contribution in [0.1, 0.15) is 32.1 Å². The molecule has 1 nitrogen and oxygen atoms in total. The van der Waals surface area contributed by atoms with Crippen LogP contribution in [0.4, 0.5) is 0 Å². The van der Waals surface area contributed by atoms with Crippen LogP contribution < -0.4 is 5.73 Å². The lowest BCUT2D eigenvalue weighted by Crippen LogP contribution is -2.33. The number of fused-ring (bicyclic) bond motifs is 1. The molecule has 0 aromatic heterocycles. The zero-order chi connectivity index (χ0) is 7.68. The summed E-state index contributed by atoms with van der Waals surface area (Å²) in [5.41, 5.74) is 5.92. The molecule has 0 spiro atoms. The minimum Gasteiger partial charge on any atom is -0.328 e. The van der Waals surface area contributed by atoms with Crippen molar-refractivity contribution < 1.29 is 0 Å². The Morgan fingerprint density at radius 3 is 3.00 bits per heavy atom. The summed E-state index contributed by atoms with van der Waals surface area (Å²) in [6.45, 7) is 0. The monoisotopic (exact) mass is 151 g/mol. The van der Waals surface area contributed by atoms with Crippen molar-refractivity contribution in [1.29, 1.82) is 0 Å². The molecule has 62 valence electrons. The Morgan fingerprint density at radius 2 is 2.09 bits per heavy atom. The first-order valence-electron chi connectivity index (χ1n) is 4.78. The van der Waals surface area contributed by atoms with Gasteiger partial charge in [-0.3, -0.25) is 0 Å². The molecule has 1 heteroatoms. The molecule has 0 aromatic carbocycles. The van der Waals surface area contributed by atoms with E-state index in [2.05, 4.69) is 12.2 Å². The summed E-state index contributed by atoms with van der Waals surface area (Å²) in [6, 6.07) is 0.503. The minimum absolute atomic E-state index is 0.503. The molecule has 2 rings (SSSR count). The van der Waals surface area contributed by atoms with Crippen LogP contribution in [0.15, 0.2) is 12.2 Å². The fraction of sp³-hybridized carbons (Fsp3) is 0.800. The molecular weight excluding hydrogens is 134 g/mol. The van der Waals surface area contributed by atoms with Crippen LogP contribution >= 0.6 is 0 Å². The average molecular weight is 151 g/mol. The molecule has 0 heterocycles. The minimum atomic E-state index is 0.503. The van der Waals surface area contributed by atoms with Crippen LogP contribution in [0.5, 0.6) is 0 Å². The molecule has 1 saturated carbocycles. The van der Waals surface area contributed by atoms with Gasteiger partial charge in [0.1, 0.15) is 0 Å². The van der Waals surface area contributed by atoms with Gasteiger partial charge in [-0.15, -0.1) is 0 Å². The zero-order valence-corrected chi connectivity index (χ0v) is 7.00. The Kier molecular flexibility index (Phi) is 1.99. The van der Waals surface area contributed by atoms with E-state index in [1.807, 2.05) is 0 Å². The van der Waals surface area contributed by atoms with Crippen molar-refractivity contribution >= 4 is 0 Å². The Balaban J connectivity index is 2.02. The number of hydrogen-bond acceptors (Lipinski definition) is 1. The van der Waals surface area contributed by atoms with Gasteiger partial charge in [0.05, 0.1) is 0 Å². The van der Waals surface area contributed by atoms with Crippen LogP contribution in [0, 0.1) is 11.8 Å². The third-order valence-electron chi connectivity index (χ3n) is 3.17. The summed E-state index contributed by atoms with van der Waals surface area (Å²) in [7, 11) is 0. The van der Waals surface area contributed by atoms with Crippen LogP contribution in [0.2, 0.25) is 0 Å². The second-order valence-corrected chi connectivity index (χ2v) is 4.00. The molecule has 0 radical (unpaired) electrons. The molecule has 11 heavy (non-hydrogen) atoms. The molecule has 0 bridgehead atoms. The summed E-state index contributed by atoms with van der Waals surface area (Å²) in [4.78, 5) is 0. The molecule has 2 aliphatic rings. The highest BCUT2D eigenvalue weighted by Crippen LogP contribution is 2.36. The van der Waals surface area contributed by atoms with Crippen molar-refractivity contribution in [2.45, 2.75) is 38.1 Å². The first-order chi connectivity index (χ1) is 5.36. The van der Waals surface area contributed by atoms with E-state index in [9.17, 15) is 0 Å². The molecule has 0 saturated heterocycles. The number of nitrogens with two attached hydrogens (primary N) is 1. The van der Waals surface area contributed by atoms with Crippen LogP contribution in [0.25, 0.3) is 0 Å². The third-order valence-corrected chi connectivity index (χ3v) is 3.17. The maximum Gasteiger partial charge on any atom is 0.00418 e. The smallest absolute Gasteiger partial charge is 0.00418 e. The van der Waals surface area contributed by atoms with Crippen LogP contribution in [-0.4, -0.2) is 6.04 Å². The van der Waals surface area contributed by atoms with Crippen molar-refractivity contribution in [3.63, 3.8) is 0 Å². The SMILES string of the molecule is NC1CC[C@H]2C=CCCC2C1. The van der Waals surface area contributed by atoms with Gasteiger partial charge in [0, 0.05) is 6.04 Å². The second kappa shape index (κ2) is 2.98. The van der Waals surface area contributed by atoms with Gasteiger partial charge in [-0.25, -0.2) is 0 Å². The second-order valence-electron chi connectivity index (χ2n) is 4.00. The Hall–Kier alpha value is -0.300. The van der Waals surface area contributed by atoms with Gasteiger partial charge in [-0.2, -0.15) is 0 Å². The summed E-state index contributed by atoms with van der Waals surface area (Å²) >= 11 is 0. The Morgan fingerprint density at radius 1 is 1.18 bits per heavy atom. The molecule has 2 aliphatic carbocycles. The molecule has 1 fully saturated rings. The standard InChI is InChI=1S/C10H17N/c11-10-6-5-8-3-1-2-4-9(8)7-10/h1,3,8-10H,2,4-7,11H2/t8-,9?,10?/m1/s1. The highest BCUT2D eigenvalue weighted by atomic mass is 14.6. The number of allylic oxidation sites excluding steroid dienone is 2. The topological polar surface area (TPSA) is 26.0 Å². The molecule has 2 unspecified atom stereocenters. The quantitative estimate of drug-likeness (QED) is 0.527. The first kappa shape index (κ1) is 7.35. The maximum absolute atomic E-state index is 5.92. The lowest BCUT2D eigenvalue weighted by Gasteiger charge is -2.35. The van der Waals surface area contributed by atoms with Gasteiger partial charge in [-0.1, -0.05) is 12.2 Å². The molecule has 2 N–H and O–H groups in total. The fourth-order valence-corrected chi connectivity index (χ4v) is 2.49. The van der Waals surface area contributed by atoms with Crippen LogP contribution in [-0.2, 0) is 0 Å². The largest absolute Gasteiger partial charge is 0.328 e. The summed E-state index contributed by atoms with van der Waals surface area (Å²) in [6.07, 6.45) is 11.3. The van der Waals surface area contributed by atoms with Gasteiger partial charge in [0.2, 0.25) is 0 Å². The van der Waals surface area contributed by atoms with E-state index in [0.717, 1.165) is 11.8 Å². The van der Waals surface area contributed by atoms with E-state index in [-0.39, 0.29) is 0 Å². The van der Waals surface area contributed by atoms with Gasteiger partial charge < -0.3 is 5.73 Å². The van der Waals surface area contributed by atoms with E-state index < -0.39 is 0 Å². The van der Waals surface area contributed by atoms with Gasteiger partial charge in [0.25, 0.3) is 0 Å². The fourth-order valence-electron chi connectivity index (χ4n) is 2.49. The van der Waals surface area contributed by atoms with Crippen molar-refractivity contribution in [1.82, 2.24) is 0 Å². The highest BCUT2D eigenvalue weighted by Gasteiger charge is 2.27. The normalized spacial score (nSPS) is 43.5. The molecule has 3 atom stereocenters. The lowest BCUT2D eigenvalue weighted by atomic mass is 9.73. The van der Waals surface area contributed by atoms with E-state index in [4.69, 9.17) is 5.73 Å². The van der Waals surface area contributed by atoms with E-state index >= 15 is 0 Å². The van der Waals surface area contributed by atoms with Gasteiger partial charge in [-0.05, 0) is 43.9 Å². The van der Waals surface area contributed by atoms with Crippen molar-refractivity contribution in [3.8, 4) is 0 Å². The maximum atomic E-state index is 5.92. The number of hydrogen-bond donors (Lipinski definition) is 1. The summed E-state index contributed by atoms with van der Waals surface area (Å²) in [5.74, 6) is 1.80. The molecule has 0 aliphatic heterocycles. The van der Waals surface area contributed by atoms with Gasteiger partial charge in [0.15, 0.2) is 0 Å². The first-order valence-corrected chi connectivity index (χ1v) is 4.78. The summed E-state index contributed by atoms with van der Waals surface area (Å²) < 4.78 is 0. The Labute approximate surface area is 68.7 Å². The van der Waals surface area contributed by atoms with Crippen molar-refractivity contribution in [2.24, 2.45) is 17.6 Å². The van der Waals surface area contributed by atoms with E-state index in [1.54, 1.807) is 0 Å². The van der Waals surface area contributed by atoms with E-state index in [1.165, 1.54) is 32.1 Å². The lowest BCUT2D eigenvalue weighted by molar-refractivity contribution is 0.236. The highest BCUT2D eigenvalue weighted by molar-refractivity contribution is 5.00. The predicted octanol–water partition coefficient (Wildman–Crippen LogP) is 2.08. The van der Waals surface area contributed by atoms with Crippen molar-refractivity contribution in [3.05, 3.63) is 12.2 Å². The van der Waals surface area contributed by atoms with Gasteiger partial charge >= 0.3 is 0 Å². The molecule has 0 amide bonds.